The van der Waals surface area contributed by atoms with Crippen LogP contribution in [0.15, 0.2) is 0 Å². The van der Waals surface area contributed by atoms with Gasteiger partial charge in [0, 0.05) is 5.92 Å². The summed E-state index contributed by atoms with van der Waals surface area (Å²) in [5.41, 5.74) is 0. The Kier molecular flexibility index (Phi) is 6.60. The molecular formula is C12H20N2O3. The van der Waals surface area contributed by atoms with E-state index in [1.54, 1.807) is 6.92 Å². The summed E-state index contributed by atoms with van der Waals surface area (Å²) in [6.07, 6.45) is 5.26. The van der Waals surface area contributed by atoms with Crippen LogP contribution < -0.4 is 5.32 Å². The lowest BCUT2D eigenvalue weighted by molar-refractivity contribution is -0.292. The molecule has 17 heavy (non-hydrogen) atoms. The number of amides is 1. The lowest BCUT2D eigenvalue weighted by Crippen LogP contribution is -2.41. The monoisotopic (exact) mass is 240 g/mol. The number of nitriles is 1. The highest BCUT2D eigenvalue weighted by atomic mass is 17.2. The molecule has 0 aromatic heterocycles. The third-order valence-electron chi connectivity index (χ3n) is 2.88. The fourth-order valence-corrected chi connectivity index (χ4v) is 1.97. The molecule has 1 fully saturated rings. The van der Waals surface area contributed by atoms with Gasteiger partial charge in [-0.15, -0.1) is 0 Å². The fraction of sp³-hybridized carbons (Fsp3) is 0.833. The molecule has 0 spiro atoms. The van der Waals surface area contributed by atoms with Crippen LogP contribution in [0.4, 0.5) is 0 Å². The Balaban J connectivity index is 2.29. The van der Waals surface area contributed by atoms with Crippen LogP contribution in [0.2, 0.25) is 0 Å². The Hall–Kier alpha value is -1.12. The van der Waals surface area contributed by atoms with E-state index in [0.717, 1.165) is 25.7 Å². The molecule has 1 rings (SSSR count). The molecule has 0 aliphatic heterocycles. The molecule has 1 atom stereocenters. The minimum Gasteiger partial charge on any atom is -0.338 e. The number of carbonyl (C=O) groups is 1. The maximum absolute atomic E-state index is 11.8. The van der Waals surface area contributed by atoms with Crippen molar-refractivity contribution in [3.8, 4) is 6.07 Å². The lowest BCUT2D eigenvalue weighted by Gasteiger charge is -2.22. The van der Waals surface area contributed by atoms with Crippen molar-refractivity contribution < 1.29 is 14.6 Å². The van der Waals surface area contributed by atoms with E-state index in [4.69, 9.17) is 15.0 Å². The summed E-state index contributed by atoms with van der Waals surface area (Å²) in [7, 11) is 0. The standard InChI is InChI=1S/C12H20N2O3/c1-2-16-17-9-11(8-13)14-12(15)10-6-4-3-5-7-10/h10-11H,2-7,9H2,1H3,(H,14,15). The van der Waals surface area contributed by atoms with Crippen molar-refractivity contribution in [2.24, 2.45) is 5.92 Å². The molecule has 5 nitrogen and oxygen atoms in total. The molecule has 1 aliphatic carbocycles. The minimum atomic E-state index is -0.629. The summed E-state index contributed by atoms with van der Waals surface area (Å²) in [4.78, 5) is 21.3. The molecule has 0 radical (unpaired) electrons. The van der Waals surface area contributed by atoms with Gasteiger partial charge in [0.15, 0.2) is 0 Å². The predicted molar refractivity (Wildman–Crippen MR) is 61.7 cm³/mol. The van der Waals surface area contributed by atoms with Crippen molar-refractivity contribution in [1.82, 2.24) is 5.32 Å². The molecule has 0 heterocycles. The number of hydrogen-bond donors (Lipinski definition) is 1. The molecule has 1 N–H and O–H groups in total. The van der Waals surface area contributed by atoms with Gasteiger partial charge in [0.05, 0.1) is 12.7 Å². The zero-order valence-corrected chi connectivity index (χ0v) is 10.3. The summed E-state index contributed by atoms with van der Waals surface area (Å²) >= 11 is 0. The van der Waals surface area contributed by atoms with Crippen LogP contribution in [0.5, 0.6) is 0 Å². The Morgan fingerprint density at radius 2 is 2.12 bits per heavy atom. The average molecular weight is 240 g/mol. The van der Waals surface area contributed by atoms with Crippen LogP contribution in [0.3, 0.4) is 0 Å². The molecule has 1 saturated carbocycles. The highest BCUT2D eigenvalue weighted by molar-refractivity contribution is 5.79. The maximum atomic E-state index is 11.8. The molecule has 96 valence electrons. The van der Waals surface area contributed by atoms with E-state index in [1.165, 1.54) is 6.42 Å². The van der Waals surface area contributed by atoms with Crippen LogP contribution in [-0.4, -0.2) is 25.2 Å². The largest absolute Gasteiger partial charge is 0.338 e. The summed E-state index contributed by atoms with van der Waals surface area (Å²) in [5, 5.41) is 11.6. The number of carbonyl (C=O) groups excluding carboxylic acids is 1. The molecule has 1 amide bonds. The number of hydrogen-bond acceptors (Lipinski definition) is 4. The van der Waals surface area contributed by atoms with E-state index >= 15 is 0 Å². The van der Waals surface area contributed by atoms with E-state index in [1.807, 2.05) is 6.07 Å². The van der Waals surface area contributed by atoms with Crippen LogP contribution in [0.25, 0.3) is 0 Å². The van der Waals surface area contributed by atoms with E-state index in [0.29, 0.717) is 6.61 Å². The van der Waals surface area contributed by atoms with Gasteiger partial charge in [-0.1, -0.05) is 19.3 Å². The van der Waals surface area contributed by atoms with Gasteiger partial charge in [-0.2, -0.15) is 5.26 Å². The molecule has 0 bridgehead atoms. The Morgan fingerprint density at radius 1 is 1.41 bits per heavy atom. The Morgan fingerprint density at radius 3 is 2.71 bits per heavy atom. The second-order valence-corrected chi connectivity index (χ2v) is 4.22. The summed E-state index contributed by atoms with van der Waals surface area (Å²) in [5.74, 6) is 0.0306. The number of nitrogens with zero attached hydrogens (tertiary/aromatic N) is 1. The van der Waals surface area contributed by atoms with Gasteiger partial charge in [0.1, 0.15) is 12.6 Å². The fourth-order valence-electron chi connectivity index (χ4n) is 1.97. The van der Waals surface area contributed by atoms with E-state index in [2.05, 4.69) is 5.32 Å². The second-order valence-electron chi connectivity index (χ2n) is 4.22. The first-order valence-electron chi connectivity index (χ1n) is 6.22. The molecular weight excluding hydrogens is 220 g/mol. The zero-order valence-electron chi connectivity index (χ0n) is 10.3. The quantitative estimate of drug-likeness (QED) is 0.434. The van der Waals surface area contributed by atoms with Gasteiger partial charge in [-0.3, -0.25) is 4.79 Å². The van der Waals surface area contributed by atoms with Crippen molar-refractivity contribution >= 4 is 5.91 Å². The molecule has 1 aliphatic rings. The topological polar surface area (TPSA) is 71.3 Å². The van der Waals surface area contributed by atoms with Crippen molar-refractivity contribution in [3.05, 3.63) is 0 Å². The van der Waals surface area contributed by atoms with Crippen molar-refractivity contribution in [2.45, 2.75) is 45.1 Å². The van der Waals surface area contributed by atoms with Gasteiger partial charge in [0.2, 0.25) is 5.91 Å². The van der Waals surface area contributed by atoms with Crippen LogP contribution in [0, 0.1) is 17.2 Å². The summed E-state index contributed by atoms with van der Waals surface area (Å²) in [6, 6.07) is 1.37. The van der Waals surface area contributed by atoms with E-state index in [-0.39, 0.29) is 18.4 Å². The molecule has 0 aromatic carbocycles. The smallest absolute Gasteiger partial charge is 0.224 e. The SMILES string of the molecule is CCOOCC(C#N)NC(=O)C1CCCCC1. The first-order chi connectivity index (χ1) is 8.27. The van der Waals surface area contributed by atoms with Gasteiger partial charge in [-0.25, -0.2) is 9.78 Å². The predicted octanol–water partition coefficient (Wildman–Crippen LogP) is 1.54. The summed E-state index contributed by atoms with van der Waals surface area (Å²) < 4.78 is 0. The van der Waals surface area contributed by atoms with Gasteiger partial charge >= 0.3 is 0 Å². The number of nitrogens with one attached hydrogen (secondary N) is 1. The van der Waals surface area contributed by atoms with Crippen LogP contribution in [0.1, 0.15) is 39.0 Å². The molecule has 5 heteroatoms. The van der Waals surface area contributed by atoms with Gasteiger partial charge < -0.3 is 5.32 Å². The highest BCUT2D eigenvalue weighted by Crippen LogP contribution is 2.23. The van der Waals surface area contributed by atoms with Crippen molar-refractivity contribution in [3.63, 3.8) is 0 Å². The minimum absolute atomic E-state index is 0.0312. The first-order valence-corrected chi connectivity index (χ1v) is 6.22. The highest BCUT2D eigenvalue weighted by Gasteiger charge is 2.23. The van der Waals surface area contributed by atoms with Crippen molar-refractivity contribution in [2.75, 3.05) is 13.2 Å². The van der Waals surface area contributed by atoms with Crippen LogP contribution in [-0.2, 0) is 14.6 Å². The summed E-state index contributed by atoms with van der Waals surface area (Å²) in [6.45, 7) is 2.29. The van der Waals surface area contributed by atoms with Crippen molar-refractivity contribution in [1.29, 1.82) is 5.26 Å². The van der Waals surface area contributed by atoms with Crippen LogP contribution >= 0.6 is 0 Å². The van der Waals surface area contributed by atoms with Gasteiger partial charge in [-0.05, 0) is 19.8 Å². The number of rotatable bonds is 6. The zero-order chi connectivity index (χ0) is 12.5. The first kappa shape index (κ1) is 13.9. The Bertz CT molecular complexity index is 269. The third-order valence-corrected chi connectivity index (χ3v) is 2.88. The Labute approximate surface area is 102 Å². The lowest BCUT2D eigenvalue weighted by atomic mass is 9.88. The maximum Gasteiger partial charge on any atom is 0.224 e. The second kappa shape index (κ2) is 8.04. The van der Waals surface area contributed by atoms with E-state index in [9.17, 15) is 4.79 Å². The normalized spacial score (nSPS) is 18.4. The van der Waals surface area contributed by atoms with Gasteiger partial charge in [0.25, 0.3) is 0 Å². The third kappa shape index (κ3) is 5.16. The van der Waals surface area contributed by atoms with E-state index < -0.39 is 6.04 Å². The average Bonchev–Trinajstić information content (AvgIpc) is 2.38. The molecule has 1 unspecified atom stereocenters. The molecule has 0 saturated heterocycles. The molecule has 0 aromatic rings.